The highest BCUT2D eigenvalue weighted by Crippen LogP contribution is 2.18. The number of hydrogen-bond donors (Lipinski definition) is 2. The van der Waals surface area contributed by atoms with Crippen molar-refractivity contribution >= 4 is 29.3 Å². The molecule has 0 atom stereocenters. The molecule has 6 nitrogen and oxygen atoms in total. The van der Waals surface area contributed by atoms with Crippen molar-refractivity contribution in [2.45, 2.75) is 5.75 Å². The molecule has 0 aliphatic rings. The number of para-hydroxylation sites is 1. The highest BCUT2D eigenvalue weighted by molar-refractivity contribution is 7.98. The first-order chi connectivity index (χ1) is 13.1. The van der Waals surface area contributed by atoms with Crippen molar-refractivity contribution in [1.82, 2.24) is 15.0 Å². The van der Waals surface area contributed by atoms with E-state index in [2.05, 4.69) is 20.3 Å². The molecule has 0 fully saturated rings. The minimum Gasteiger partial charge on any atom is -0.490 e. The van der Waals surface area contributed by atoms with Gasteiger partial charge in [-0.25, -0.2) is 8.78 Å². The molecule has 3 rings (SSSR count). The Balaban J connectivity index is 1.50. The molecule has 1 aromatic heterocycles. The van der Waals surface area contributed by atoms with E-state index in [-0.39, 0.29) is 29.3 Å². The van der Waals surface area contributed by atoms with Gasteiger partial charge >= 0.3 is 0 Å². The van der Waals surface area contributed by atoms with E-state index in [0.29, 0.717) is 29.6 Å². The Kier molecular flexibility index (Phi) is 6.37. The predicted octanol–water partition coefficient (Wildman–Crippen LogP) is 3.79. The number of nitrogens with zero attached hydrogens (tertiary/aromatic N) is 3. The number of nitrogens with two attached hydrogens (primary N) is 1. The Morgan fingerprint density at radius 2 is 1.78 bits per heavy atom. The smallest absolute Gasteiger partial charge is 0.232 e. The first-order valence-corrected chi connectivity index (χ1v) is 9.24. The second-order valence-electron chi connectivity index (χ2n) is 5.40. The number of benzene rings is 2. The molecule has 3 N–H and O–H groups in total. The molecule has 0 bridgehead atoms. The summed E-state index contributed by atoms with van der Waals surface area (Å²) in [4.78, 5) is 12.4. The molecule has 1 heterocycles. The molecule has 0 saturated heterocycles. The van der Waals surface area contributed by atoms with Gasteiger partial charge in [0.1, 0.15) is 11.6 Å². The normalized spacial score (nSPS) is 10.6. The number of ether oxygens (including phenoxy) is 1. The van der Waals surface area contributed by atoms with Crippen LogP contribution in [0.25, 0.3) is 0 Å². The van der Waals surface area contributed by atoms with E-state index in [1.165, 1.54) is 30.0 Å². The van der Waals surface area contributed by atoms with Gasteiger partial charge in [-0.15, -0.1) is 0 Å². The number of thioether (sulfide) groups is 1. The number of anilines is 3. The molecule has 3 aromatic rings. The Morgan fingerprint density at radius 3 is 2.56 bits per heavy atom. The highest BCUT2D eigenvalue weighted by Gasteiger charge is 2.06. The third-order valence-electron chi connectivity index (χ3n) is 3.35. The molecule has 0 aliphatic carbocycles. The van der Waals surface area contributed by atoms with Gasteiger partial charge in [0.05, 0.1) is 12.4 Å². The van der Waals surface area contributed by atoms with Crippen molar-refractivity contribution in [3.8, 4) is 5.75 Å². The zero-order valence-electron chi connectivity index (χ0n) is 14.2. The minimum absolute atomic E-state index is 0.0906. The van der Waals surface area contributed by atoms with Gasteiger partial charge in [0.2, 0.25) is 11.9 Å². The maximum atomic E-state index is 13.5. The van der Waals surface area contributed by atoms with Crippen molar-refractivity contribution in [2.24, 2.45) is 0 Å². The van der Waals surface area contributed by atoms with E-state index in [4.69, 9.17) is 10.5 Å². The zero-order chi connectivity index (χ0) is 19.1. The summed E-state index contributed by atoms with van der Waals surface area (Å²) in [5, 5.41) is 2.96. The fourth-order valence-electron chi connectivity index (χ4n) is 2.16. The summed E-state index contributed by atoms with van der Waals surface area (Å²) in [6.07, 6.45) is 0. The number of hydrogen-bond acceptors (Lipinski definition) is 7. The van der Waals surface area contributed by atoms with E-state index >= 15 is 0 Å². The molecule has 0 unspecified atom stereocenters. The number of nitrogen functional groups attached to an aromatic ring is 1. The fraction of sp³-hybridized carbons (Fsp3) is 0.167. The summed E-state index contributed by atoms with van der Waals surface area (Å²) in [5.74, 6) is 1.51. The zero-order valence-corrected chi connectivity index (χ0v) is 15.0. The Hall–Kier alpha value is -2.94. The molecule has 0 aliphatic heterocycles. The van der Waals surface area contributed by atoms with Gasteiger partial charge in [0.15, 0.2) is 11.6 Å². The van der Waals surface area contributed by atoms with Crippen LogP contribution in [0.1, 0.15) is 5.82 Å². The molecule has 0 radical (unpaired) electrons. The fourth-order valence-corrected chi connectivity index (χ4v) is 2.81. The van der Waals surface area contributed by atoms with Gasteiger partial charge in [-0.3, -0.25) is 0 Å². The van der Waals surface area contributed by atoms with Crippen LogP contribution in [0.4, 0.5) is 26.4 Å². The highest BCUT2D eigenvalue weighted by atomic mass is 32.2. The summed E-state index contributed by atoms with van der Waals surface area (Å²) >= 11 is 1.52. The lowest BCUT2D eigenvalue weighted by atomic mass is 10.3. The van der Waals surface area contributed by atoms with E-state index < -0.39 is 0 Å². The number of rotatable bonds is 8. The van der Waals surface area contributed by atoms with Gasteiger partial charge in [-0.05, 0) is 36.4 Å². The lowest BCUT2D eigenvalue weighted by molar-refractivity contribution is 0.325. The quantitative estimate of drug-likeness (QED) is 0.567. The van der Waals surface area contributed by atoms with Crippen molar-refractivity contribution in [3.05, 3.63) is 66.0 Å². The minimum atomic E-state index is -0.385. The van der Waals surface area contributed by atoms with Crippen molar-refractivity contribution in [3.63, 3.8) is 0 Å². The maximum absolute atomic E-state index is 13.5. The van der Waals surface area contributed by atoms with Crippen LogP contribution in [0.15, 0.2) is 48.5 Å². The van der Waals surface area contributed by atoms with Crippen LogP contribution in [0, 0.1) is 11.6 Å². The topological polar surface area (TPSA) is 86.0 Å². The third kappa shape index (κ3) is 5.78. The van der Waals surface area contributed by atoms with E-state index in [9.17, 15) is 8.78 Å². The van der Waals surface area contributed by atoms with Crippen LogP contribution in [0.2, 0.25) is 0 Å². The van der Waals surface area contributed by atoms with Gasteiger partial charge in [-0.1, -0.05) is 12.1 Å². The van der Waals surface area contributed by atoms with Crippen LogP contribution in [-0.4, -0.2) is 27.3 Å². The molecule has 140 valence electrons. The molecule has 0 spiro atoms. The third-order valence-corrected chi connectivity index (χ3v) is 4.27. The van der Waals surface area contributed by atoms with Crippen LogP contribution in [0.3, 0.4) is 0 Å². The summed E-state index contributed by atoms with van der Waals surface area (Å²) < 4.78 is 31.8. The number of halogens is 2. The molecular weight excluding hydrogens is 372 g/mol. The SMILES string of the molecule is Nc1nc(CSCCOc2ccccc2F)nc(Nc2ccc(F)cc2)n1. The van der Waals surface area contributed by atoms with Crippen LogP contribution in [0.5, 0.6) is 5.75 Å². The molecule has 0 saturated carbocycles. The van der Waals surface area contributed by atoms with Crippen molar-refractivity contribution < 1.29 is 13.5 Å². The van der Waals surface area contributed by atoms with Crippen LogP contribution in [-0.2, 0) is 5.75 Å². The molecular formula is C18H17F2N5OS. The largest absolute Gasteiger partial charge is 0.490 e. The van der Waals surface area contributed by atoms with E-state index in [0.717, 1.165) is 0 Å². The van der Waals surface area contributed by atoms with Crippen molar-refractivity contribution in [1.29, 1.82) is 0 Å². The first kappa shape index (κ1) is 18.8. The number of aromatic nitrogens is 3. The summed E-state index contributed by atoms with van der Waals surface area (Å²) in [6.45, 7) is 0.354. The van der Waals surface area contributed by atoms with Crippen LogP contribution < -0.4 is 15.8 Å². The second-order valence-corrected chi connectivity index (χ2v) is 6.50. The Bertz CT molecular complexity index is 895. The monoisotopic (exact) mass is 389 g/mol. The van der Waals surface area contributed by atoms with Crippen molar-refractivity contribution in [2.75, 3.05) is 23.4 Å². The summed E-state index contributed by atoms with van der Waals surface area (Å²) in [5.41, 5.74) is 6.36. The average molecular weight is 389 g/mol. The predicted molar refractivity (Wildman–Crippen MR) is 102 cm³/mol. The van der Waals surface area contributed by atoms with Gasteiger partial charge in [0, 0.05) is 11.4 Å². The van der Waals surface area contributed by atoms with E-state index in [1.54, 1.807) is 30.3 Å². The first-order valence-electron chi connectivity index (χ1n) is 8.08. The van der Waals surface area contributed by atoms with Gasteiger partial charge < -0.3 is 15.8 Å². The van der Waals surface area contributed by atoms with Gasteiger partial charge in [-0.2, -0.15) is 26.7 Å². The average Bonchev–Trinajstić information content (AvgIpc) is 2.64. The molecule has 9 heteroatoms. The Labute approximate surface area is 159 Å². The summed E-state index contributed by atoms with van der Waals surface area (Å²) in [7, 11) is 0. The molecule has 0 amide bonds. The van der Waals surface area contributed by atoms with Crippen LogP contribution >= 0.6 is 11.8 Å². The standard InChI is InChI=1S/C18H17F2N5OS/c19-12-5-7-13(8-6-12)22-18-24-16(23-17(21)25-18)11-27-10-9-26-15-4-2-1-3-14(15)20/h1-8H,9-11H2,(H3,21,22,23,24,25). The lowest BCUT2D eigenvalue weighted by Gasteiger charge is -2.08. The van der Waals surface area contributed by atoms with E-state index in [1.807, 2.05) is 0 Å². The Morgan fingerprint density at radius 1 is 1.00 bits per heavy atom. The maximum Gasteiger partial charge on any atom is 0.232 e. The molecule has 2 aromatic carbocycles. The summed E-state index contributed by atoms with van der Waals surface area (Å²) in [6, 6.07) is 12.1. The second kappa shape index (κ2) is 9.13. The lowest BCUT2D eigenvalue weighted by Crippen LogP contribution is -2.07. The molecule has 27 heavy (non-hydrogen) atoms. The number of nitrogens with one attached hydrogen (secondary N) is 1. The van der Waals surface area contributed by atoms with Gasteiger partial charge in [0.25, 0.3) is 0 Å².